The van der Waals surface area contributed by atoms with Crippen LogP contribution in [0.1, 0.15) is 194 Å². The van der Waals surface area contributed by atoms with Crippen LogP contribution in [0.2, 0.25) is 0 Å². The van der Waals surface area contributed by atoms with E-state index in [4.69, 9.17) is 0 Å². The van der Waals surface area contributed by atoms with E-state index >= 15 is 0 Å². The second kappa shape index (κ2) is 34.4. The van der Waals surface area contributed by atoms with Gasteiger partial charge in [-0.15, -0.1) is 0 Å². The maximum Gasteiger partial charge on any atom is 0.220 e. The van der Waals surface area contributed by atoms with Crippen molar-refractivity contribution in [3.63, 3.8) is 0 Å². The fraction of sp³-hybridized carbons (Fsp3) is 0.868. The van der Waals surface area contributed by atoms with Crippen LogP contribution in [0.4, 0.5) is 0 Å². The Morgan fingerprint density at radius 2 is 0.929 bits per heavy atom. The summed E-state index contributed by atoms with van der Waals surface area (Å²) in [6.07, 6.45) is 42.6. The van der Waals surface area contributed by atoms with Crippen LogP contribution in [0.3, 0.4) is 0 Å². The monoisotopic (exact) mass is 592 g/mol. The third kappa shape index (κ3) is 30.3. The first-order valence-corrected chi connectivity index (χ1v) is 18.6. The van der Waals surface area contributed by atoms with Gasteiger partial charge < -0.3 is 15.5 Å². The quantitative estimate of drug-likeness (QED) is 0.0525. The van der Waals surface area contributed by atoms with Gasteiger partial charge in [0, 0.05) is 6.42 Å². The van der Waals surface area contributed by atoms with Crippen LogP contribution in [0.15, 0.2) is 24.3 Å². The molecule has 2 atom stereocenters. The molecule has 0 saturated carbocycles. The number of aliphatic hydroxyl groups is 2. The van der Waals surface area contributed by atoms with E-state index in [9.17, 15) is 15.0 Å². The lowest BCUT2D eigenvalue weighted by Gasteiger charge is -2.19. The second-order valence-electron chi connectivity index (χ2n) is 12.6. The lowest BCUT2D eigenvalue weighted by molar-refractivity contribution is -0.123. The molecule has 0 rings (SSSR count). The van der Waals surface area contributed by atoms with Crippen LogP contribution in [-0.2, 0) is 4.79 Å². The molecule has 0 aliphatic carbocycles. The predicted molar refractivity (Wildman–Crippen MR) is 184 cm³/mol. The van der Waals surface area contributed by atoms with Crippen molar-refractivity contribution in [3.05, 3.63) is 24.3 Å². The predicted octanol–water partition coefficient (Wildman–Crippen LogP) is 10.9. The summed E-state index contributed by atoms with van der Waals surface area (Å²) in [4.78, 5) is 12.3. The van der Waals surface area contributed by atoms with Crippen molar-refractivity contribution in [3.8, 4) is 0 Å². The fourth-order valence-electron chi connectivity index (χ4n) is 5.55. The number of carbonyl (C=O) groups is 1. The molecule has 0 aliphatic rings. The number of rotatable bonds is 33. The highest BCUT2D eigenvalue weighted by Gasteiger charge is 2.17. The molecule has 0 aromatic rings. The summed E-state index contributed by atoms with van der Waals surface area (Å²) in [6.45, 7) is 4.29. The minimum absolute atomic E-state index is 0.0738. The van der Waals surface area contributed by atoms with E-state index in [0.29, 0.717) is 6.42 Å². The molecule has 0 spiro atoms. The topological polar surface area (TPSA) is 69.6 Å². The molecule has 1 amide bonds. The van der Waals surface area contributed by atoms with E-state index < -0.39 is 12.1 Å². The molecule has 0 heterocycles. The second-order valence-corrected chi connectivity index (χ2v) is 12.6. The van der Waals surface area contributed by atoms with Crippen molar-refractivity contribution in [1.29, 1.82) is 0 Å². The average Bonchev–Trinajstić information content (AvgIpc) is 2.99. The Morgan fingerprint density at radius 1 is 0.548 bits per heavy atom. The number of hydrogen-bond donors (Lipinski definition) is 3. The van der Waals surface area contributed by atoms with E-state index in [1.807, 2.05) is 6.08 Å². The van der Waals surface area contributed by atoms with Crippen molar-refractivity contribution in [2.24, 2.45) is 0 Å². The number of aliphatic hydroxyl groups excluding tert-OH is 2. The highest BCUT2D eigenvalue weighted by molar-refractivity contribution is 5.76. The highest BCUT2D eigenvalue weighted by Crippen LogP contribution is 2.14. The molecule has 0 aromatic carbocycles. The summed E-state index contributed by atoms with van der Waals surface area (Å²) in [6, 6.07) is -0.632. The first kappa shape index (κ1) is 40.9. The summed E-state index contributed by atoms with van der Waals surface area (Å²) in [7, 11) is 0. The minimum Gasteiger partial charge on any atom is -0.394 e. The van der Waals surface area contributed by atoms with Gasteiger partial charge in [0.25, 0.3) is 0 Å². The lowest BCUT2D eigenvalue weighted by Crippen LogP contribution is -2.45. The van der Waals surface area contributed by atoms with Gasteiger partial charge in [-0.3, -0.25) is 4.79 Å². The summed E-state index contributed by atoms with van der Waals surface area (Å²) >= 11 is 0. The van der Waals surface area contributed by atoms with Crippen LogP contribution >= 0.6 is 0 Å². The van der Waals surface area contributed by atoms with Crippen LogP contribution in [0, 0.1) is 0 Å². The van der Waals surface area contributed by atoms with E-state index in [1.165, 1.54) is 141 Å². The molecule has 0 fully saturated rings. The summed E-state index contributed by atoms with van der Waals surface area (Å²) < 4.78 is 0. The number of amides is 1. The molecule has 0 radical (unpaired) electrons. The van der Waals surface area contributed by atoms with Crippen molar-refractivity contribution in [2.75, 3.05) is 6.61 Å². The molecular weight excluding hydrogens is 518 g/mol. The Morgan fingerprint density at radius 3 is 1.38 bits per heavy atom. The third-order valence-corrected chi connectivity index (χ3v) is 8.44. The number of allylic oxidation sites excluding steroid dienone is 3. The maximum absolute atomic E-state index is 12.3. The standard InChI is InChI=1S/C38H73NO3/c1-3-5-7-9-11-13-15-17-19-20-21-23-25-27-29-31-33-37(41)36(35-40)39-38(42)34-32-30-28-26-24-22-18-16-14-12-10-8-6-4-2/h23,25,31,33,36-37,40-41H,3-22,24,26-30,32,34-35H2,1-2H3,(H,39,42)/b25-23+,33-31+/t36-,37+/m0/s1. The van der Waals surface area contributed by atoms with E-state index in [-0.39, 0.29) is 12.5 Å². The molecule has 0 aromatic heterocycles. The van der Waals surface area contributed by atoms with Crippen molar-refractivity contribution < 1.29 is 15.0 Å². The molecule has 0 saturated heterocycles. The largest absolute Gasteiger partial charge is 0.394 e. The summed E-state index contributed by atoms with van der Waals surface area (Å²) in [5.74, 6) is -0.0738. The SMILES string of the molecule is CCCCCCCCCCCC/C=C/CC/C=C/[C@@H](O)[C@H](CO)NC(=O)CCCCCCCCCCCCCCCC. The van der Waals surface area contributed by atoms with Gasteiger partial charge in [-0.1, -0.05) is 179 Å². The van der Waals surface area contributed by atoms with E-state index in [0.717, 1.165) is 32.1 Å². The molecule has 0 aliphatic heterocycles. The first-order valence-electron chi connectivity index (χ1n) is 18.6. The van der Waals surface area contributed by atoms with Crippen LogP contribution in [-0.4, -0.2) is 34.9 Å². The Kier molecular flexibility index (Phi) is 33.4. The van der Waals surface area contributed by atoms with Gasteiger partial charge in [0.2, 0.25) is 5.91 Å². The van der Waals surface area contributed by atoms with Crippen LogP contribution < -0.4 is 5.32 Å². The summed E-state index contributed by atoms with van der Waals surface area (Å²) in [5, 5.41) is 22.9. The maximum atomic E-state index is 12.3. The van der Waals surface area contributed by atoms with E-state index in [2.05, 4.69) is 31.3 Å². The van der Waals surface area contributed by atoms with Crippen molar-refractivity contribution in [2.45, 2.75) is 206 Å². The Bertz CT molecular complexity index is 603. The number of carbonyl (C=O) groups excluding carboxylic acids is 1. The van der Waals surface area contributed by atoms with Gasteiger partial charge in [0.05, 0.1) is 18.8 Å². The lowest BCUT2D eigenvalue weighted by atomic mass is 10.0. The third-order valence-electron chi connectivity index (χ3n) is 8.44. The van der Waals surface area contributed by atoms with Crippen molar-refractivity contribution >= 4 is 5.91 Å². The normalized spacial score (nSPS) is 13.3. The van der Waals surface area contributed by atoms with Crippen LogP contribution in [0.5, 0.6) is 0 Å². The molecular formula is C38H73NO3. The van der Waals surface area contributed by atoms with Gasteiger partial charge in [-0.05, 0) is 32.1 Å². The van der Waals surface area contributed by atoms with Gasteiger partial charge in [0.15, 0.2) is 0 Å². The number of unbranched alkanes of at least 4 members (excludes halogenated alkanes) is 24. The number of hydrogen-bond acceptors (Lipinski definition) is 3. The zero-order valence-corrected chi connectivity index (χ0v) is 28.3. The van der Waals surface area contributed by atoms with Gasteiger partial charge in [-0.25, -0.2) is 0 Å². The Hall–Kier alpha value is -1.13. The van der Waals surface area contributed by atoms with Crippen LogP contribution in [0.25, 0.3) is 0 Å². The molecule has 42 heavy (non-hydrogen) atoms. The van der Waals surface area contributed by atoms with Gasteiger partial charge >= 0.3 is 0 Å². The highest BCUT2D eigenvalue weighted by atomic mass is 16.3. The smallest absolute Gasteiger partial charge is 0.220 e. The zero-order valence-electron chi connectivity index (χ0n) is 28.3. The first-order chi connectivity index (χ1) is 20.7. The zero-order chi connectivity index (χ0) is 30.8. The molecule has 4 nitrogen and oxygen atoms in total. The molecule has 4 heteroatoms. The van der Waals surface area contributed by atoms with Gasteiger partial charge in [-0.2, -0.15) is 0 Å². The van der Waals surface area contributed by atoms with Crippen molar-refractivity contribution in [1.82, 2.24) is 5.32 Å². The molecule has 0 unspecified atom stereocenters. The molecule has 3 N–H and O–H groups in total. The van der Waals surface area contributed by atoms with Gasteiger partial charge in [0.1, 0.15) is 0 Å². The average molecular weight is 592 g/mol. The molecule has 0 bridgehead atoms. The summed E-state index contributed by atoms with van der Waals surface area (Å²) in [5.41, 5.74) is 0. The fourth-order valence-corrected chi connectivity index (χ4v) is 5.55. The Balaban J connectivity index is 3.65. The minimum atomic E-state index is -0.856. The number of nitrogens with one attached hydrogen (secondary N) is 1. The Labute approximate surface area is 262 Å². The van der Waals surface area contributed by atoms with E-state index in [1.54, 1.807) is 6.08 Å². The molecule has 248 valence electrons.